The van der Waals surface area contributed by atoms with Crippen molar-refractivity contribution in [2.45, 2.75) is 52.2 Å². The Morgan fingerprint density at radius 2 is 1.85 bits per heavy atom. The van der Waals surface area contributed by atoms with Crippen LogP contribution in [0.15, 0.2) is 47.3 Å². The fourth-order valence-electron chi connectivity index (χ4n) is 4.04. The van der Waals surface area contributed by atoms with Crippen molar-refractivity contribution in [3.8, 4) is 5.69 Å². The van der Waals surface area contributed by atoms with Crippen LogP contribution in [0.1, 0.15) is 58.1 Å². The molecule has 182 valence electrons. The van der Waals surface area contributed by atoms with Crippen molar-refractivity contribution >= 4 is 39.9 Å². The number of rotatable bonds is 6. The molecule has 0 saturated heterocycles. The Hall–Kier alpha value is -2.79. The molecular formula is C23H27ClN4O5S. The molecule has 0 spiro atoms. The average molecular weight is 507 g/mol. The summed E-state index contributed by atoms with van der Waals surface area (Å²) in [5, 5.41) is 10.4. The minimum absolute atomic E-state index is 0.214. The van der Waals surface area contributed by atoms with Gasteiger partial charge in [-0.1, -0.05) is 29.8 Å². The van der Waals surface area contributed by atoms with E-state index in [0.29, 0.717) is 16.8 Å². The minimum Gasteiger partial charge on any atom is -0.465 e. The number of halogens is 1. The van der Waals surface area contributed by atoms with Gasteiger partial charge >= 0.3 is 6.09 Å². The molecule has 0 aliphatic heterocycles. The molecule has 0 fully saturated rings. The van der Waals surface area contributed by atoms with Gasteiger partial charge in [0.2, 0.25) is 11.3 Å². The van der Waals surface area contributed by atoms with E-state index in [1.165, 1.54) is 9.47 Å². The first-order valence-electron chi connectivity index (χ1n) is 10.5. The zero-order valence-corrected chi connectivity index (χ0v) is 21.0. The molecule has 1 heterocycles. The van der Waals surface area contributed by atoms with E-state index in [1.54, 1.807) is 77.1 Å². The molecule has 34 heavy (non-hydrogen) atoms. The second kappa shape index (κ2) is 9.83. The molecule has 0 radical (unpaired) electrons. The van der Waals surface area contributed by atoms with E-state index < -0.39 is 40.5 Å². The van der Waals surface area contributed by atoms with Crippen LogP contribution in [0.3, 0.4) is 0 Å². The second-order valence-electron chi connectivity index (χ2n) is 8.93. The molecule has 1 amide bonds. The molecule has 3 N–H and O–H groups in total. The number of hydrogen-bond acceptors (Lipinski definition) is 4. The fourth-order valence-corrected chi connectivity index (χ4v) is 4.73. The molecule has 0 bridgehead atoms. The van der Waals surface area contributed by atoms with Crippen molar-refractivity contribution in [3.63, 3.8) is 0 Å². The molecule has 3 unspecified atom stereocenters. The highest BCUT2D eigenvalue weighted by Crippen LogP contribution is 2.30. The third-order valence-electron chi connectivity index (χ3n) is 5.47. The van der Waals surface area contributed by atoms with Gasteiger partial charge in [-0.2, -0.15) is 0 Å². The molecule has 1 aromatic heterocycles. The highest BCUT2D eigenvalue weighted by molar-refractivity contribution is 7.77. The molecule has 2 aromatic carbocycles. The zero-order valence-electron chi connectivity index (χ0n) is 19.4. The first-order valence-corrected chi connectivity index (χ1v) is 12.0. The molecule has 11 heteroatoms. The van der Waals surface area contributed by atoms with Crippen LogP contribution in [0.4, 0.5) is 4.79 Å². The van der Waals surface area contributed by atoms with Crippen molar-refractivity contribution in [2.75, 3.05) is 0 Å². The van der Waals surface area contributed by atoms with E-state index in [-0.39, 0.29) is 16.2 Å². The zero-order chi connectivity index (χ0) is 25.4. The Balaban J connectivity index is 2.34. The summed E-state index contributed by atoms with van der Waals surface area (Å²) in [6.45, 7) is 8.68. The number of hydrogen-bond donors (Lipinski definition) is 3. The highest BCUT2D eigenvalue weighted by atomic mass is 35.5. The van der Waals surface area contributed by atoms with E-state index in [2.05, 4.69) is 9.71 Å². The Bertz CT molecular complexity index is 1320. The van der Waals surface area contributed by atoms with Crippen LogP contribution in [0, 0.1) is 0 Å². The number of benzene rings is 2. The molecule has 3 atom stereocenters. The highest BCUT2D eigenvalue weighted by Gasteiger charge is 2.34. The molecular weight excluding hydrogens is 480 g/mol. The van der Waals surface area contributed by atoms with Crippen molar-refractivity contribution in [1.29, 1.82) is 0 Å². The Morgan fingerprint density at radius 3 is 2.44 bits per heavy atom. The summed E-state index contributed by atoms with van der Waals surface area (Å²) >= 11 is 4.12. The standard InChI is InChI=1S/C23H27ClN4O5S/c1-13(26-34(32)33)15-8-6-9-16(12-15)27-20(14(2)28(22(30)31)23(3,4)5)25-18-11-7-10-17(24)19(18)21(27)29/h6-14,26H,1-5H3,(H,30,31)(H,32,33). The number of amides is 1. The second-order valence-corrected chi connectivity index (χ2v) is 10.1. The molecule has 0 aliphatic rings. The summed E-state index contributed by atoms with van der Waals surface area (Å²) in [5.41, 5.74) is 0.213. The van der Waals surface area contributed by atoms with Gasteiger partial charge in [0.05, 0.1) is 27.7 Å². The number of nitrogens with zero attached hydrogens (tertiary/aromatic N) is 3. The van der Waals surface area contributed by atoms with Gasteiger partial charge in [0, 0.05) is 11.6 Å². The molecule has 0 saturated carbocycles. The summed E-state index contributed by atoms with van der Waals surface area (Å²) in [6.07, 6.45) is -1.15. The Kier molecular flexibility index (Phi) is 7.47. The topological polar surface area (TPSA) is 125 Å². The molecule has 0 aliphatic carbocycles. The van der Waals surface area contributed by atoms with Gasteiger partial charge in [-0.3, -0.25) is 18.8 Å². The SMILES string of the molecule is CC(NS(=O)O)c1cccc(-n2c(C(C)N(C(=O)O)C(C)(C)C)nc3cccc(Cl)c3c2=O)c1. The van der Waals surface area contributed by atoms with Gasteiger partial charge < -0.3 is 5.11 Å². The summed E-state index contributed by atoms with van der Waals surface area (Å²) in [5.74, 6) is 0.223. The minimum atomic E-state index is -2.23. The third-order valence-corrected chi connectivity index (χ3v) is 6.34. The van der Waals surface area contributed by atoms with Crippen LogP contribution >= 0.6 is 11.6 Å². The first-order chi connectivity index (χ1) is 15.8. The monoisotopic (exact) mass is 506 g/mol. The van der Waals surface area contributed by atoms with Gasteiger partial charge in [-0.05, 0) is 64.4 Å². The smallest absolute Gasteiger partial charge is 0.408 e. The normalized spacial score (nSPS) is 14.6. The van der Waals surface area contributed by atoms with Crippen LogP contribution in [-0.4, -0.2) is 40.0 Å². The average Bonchev–Trinajstić information content (AvgIpc) is 2.71. The lowest BCUT2D eigenvalue weighted by molar-refractivity contribution is 0.0719. The maximum Gasteiger partial charge on any atom is 0.408 e. The van der Waals surface area contributed by atoms with Crippen LogP contribution < -0.4 is 10.3 Å². The summed E-state index contributed by atoms with van der Waals surface area (Å²) in [7, 11) is 0. The van der Waals surface area contributed by atoms with Crippen molar-refractivity contribution in [3.05, 3.63) is 69.2 Å². The van der Waals surface area contributed by atoms with E-state index in [4.69, 9.17) is 11.6 Å². The van der Waals surface area contributed by atoms with E-state index in [9.17, 15) is 23.5 Å². The lowest BCUT2D eigenvalue weighted by Crippen LogP contribution is -2.47. The predicted octanol–water partition coefficient (Wildman–Crippen LogP) is 4.67. The van der Waals surface area contributed by atoms with E-state index in [1.807, 2.05) is 0 Å². The largest absolute Gasteiger partial charge is 0.465 e. The van der Waals surface area contributed by atoms with E-state index >= 15 is 0 Å². The fraction of sp³-hybridized carbons (Fsp3) is 0.348. The maximum atomic E-state index is 13.7. The van der Waals surface area contributed by atoms with Crippen LogP contribution in [-0.2, 0) is 11.3 Å². The van der Waals surface area contributed by atoms with Crippen LogP contribution in [0.25, 0.3) is 16.6 Å². The van der Waals surface area contributed by atoms with Crippen molar-refractivity contribution in [1.82, 2.24) is 19.2 Å². The number of carbonyl (C=O) groups is 1. The van der Waals surface area contributed by atoms with Gasteiger partial charge in [0.25, 0.3) is 5.56 Å². The van der Waals surface area contributed by atoms with E-state index in [0.717, 1.165) is 0 Å². The Morgan fingerprint density at radius 1 is 1.21 bits per heavy atom. The predicted molar refractivity (Wildman–Crippen MR) is 133 cm³/mol. The summed E-state index contributed by atoms with van der Waals surface area (Å²) < 4.78 is 24.3. The van der Waals surface area contributed by atoms with Gasteiger partial charge in [-0.15, -0.1) is 0 Å². The number of carboxylic acid groups (broad SMARTS) is 1. The number of nitrogens with one attached hydrogen (secondary N) is 1. The van der Waals surface area contributed by atoms with Gasteiger partial charge in [0.1, 0.15) is 5.82 Å². The number of fused-ring (bicyclic) bond motifs is 1. The third kappa shape index (κ3) is 5.15. The molecule has 9 nitrogen and oxygen atoms in total. The summed E-state index contributed by atoms with van der Waals surface area (Å²) in [6, 6.07) is 10.5. The first kappa shape index (κ1) is 25.8. The molecule has 3 aromatic rings. The Labute approximate surface area is 204 Å². The van der Waals surface area contributed by atoms with Gasteiger partial charge in [0.15, 0.2) is 0 Å². The van der Waals surface area contributed by atoms with Crippen molar-refractivity contribution in [2.24, 2.45) is 0 Å². The molecule has 3 rings (SSSR count). The quantitative estimate of drug-likeness (QED) is 0.417. The lowest BCUT2D eigenvalue weighted by Gasteiger charge is -2.38. The number of aromatic nitrogens is 2. The summed E-state index contributed by atoms with van der Waals surface area (Å²) in [4.78, 5) is 31.9. The van der Waals surface area contributed by atoms with Crippen LogP contribution in [0.5, 0.6) is 0 Å². The van der Waals surface area contributed by atoms with Gasteiger partial charge in [-0.25, -0.2) is 18.7 Å². The van der Waals surface area contributed by atoms with Crippen molar-refractivity contribution < 1.29 is 18.7 Å². The lowest BCUT2D eigenvalue weighted by atomic mass is 10.0. The van der Waals surface area contributed by atoms with Crippen LogP contribution in [0.2, 0.25) is 5.02 Å². The maximum absolute atomic E-state index is 13.7.